The fourth-order valence-electron chi connectivity index (χ4n) is 4.20. The fraction of sp³-hybridized carbons (Fsp3) is 0.0323. The number of fused-ring (bicyclic) bond motifs is 2. The first-order valence-electron chi connectivity index (χ1n) is 12.5. The lowest BCUT2D eigenvalue weighted by molar-refractivity contribution is 0.102. The maximum atomic E-state index is 13.0. The van der Waals surface area contributed by atoms with E-state index < -0.39 is 10.0 Å². The summed E-state index contributed by atoms with van der Waals surface area (Å²) in [5, 5.41) is 5.55. The van der Waals surface area contributed by atoms with E-state index in [1.165, 1.54) is 0 Å². The van der Waals surface area contributed by atoms with Gasteiger partial charge in [-0.2, -0.15) is 0 Å². The first-order chi connectivity index (χ1) is 19.8. The summed E-state index contributed by atoms with van der Waals surface area (Å²) < 4.78 is 35.1. The van der Waals surface area contributed by atoms with Gasteiger partial charge < -0.3 is 10.1 Å². The Kier molecular flexibility index (Phi) is 7.32. The van der Waals surface area contributed by atoms with Gasteiger partial charge in [0.05, 0.1) is 15.1 Å². The first kappa shape index (κ1) is 26.8. The van der Waals surface area contributed by atoms with Crippen LogP contribution in [0.25, 0.3) is 21.0 Å². The van der Waals surface area contributed by atoms with Crippen LogP contribution in [0.2, 0.25) is 5.02 Å². The molecule has 0 saturated heterocycles. The molecule has 6 aromatic rings. The predicted molar refractivity (Wildman–Crippen MR) is 165 cm³/mol. The summed E-state index contributed by atoms with van der Waals surface area (Å²) >= 11 is 7.08. The molecule has 1 amide bonds. The normalized spacial score (nSPS) is 11.4. The summed E-state index contributed by atoms with van der Waals surface area (Å²) in [5.41, 5.74) is 2.62. The maximum absolute atomic E-state index is 13.0. The number of benzene rings is 5. The smallest absolute Gasteiger partial charge is 0.263 e. The number of ether oxygens (including phenoxy) is 1. The highest BCUT2D eigenvalue weighted by atomic mass is 35.5. The van der Waals surface area contributed by atoms with Crippen molar-refractivity contribution in [2.24, 2.45) is 0 Å². The standard InChI is InChI=1S/C31H22ClN3O4S2/c32-24-9-5-20(6-10-24)19-39-26-13-11-25(12-14-26)33-30(36)23-8-16-28-29(18-23)40-31(34-28)35-41(37,38)27-15-7-21-3-1-2-4-22(21)17-27/h1-18H,19H2,(H,33,36)(H,34,35). The average Bonchev–Trinajstić information content (AvgIpc) is 3.38. The molecule has 0 aliphatic heterocycles. The van der Waals surface area contributed by atoms with Crippen LogP contribution in [0.15, 0.2) is 114 Å². The second-order valence-corrected chi connectivity index (χ2v) is 12.4. The number of halogens is 1. The van der Waals surface area contributed by atoms with Crippen LogP contribution < -0.4 is 14.8 Å². The molecule has 0 unspecified atom stereocenters. The van der Waals surface area contributed by atoms with E-state index in [2.05, 4.69) is 15.0 Å². The summed E-state index contributed by atoms with van der Waals surface area (Å²) in [6.07, 6.45) is 0. The van der Waals surface area contributed by atoms with Gasteiger partial charge in [-0.05, 0) is 83.1 Å². The Morgan fingerprint density at radius 3 is 2.39 bits per heavy atom. The fourth-order valence-corrected chi connectivity index (χ4v) is 6.50. The number of amides is 1. The van der Waals surface area contributed by atoms with E-state index in [4.69, 9.17) is 16.3 Å². The van der Waals surface area contributed by atoms with Gasteiger partial charge in [0.15, 0.2) is 5.13 Å². The lowest BCUT2D eigenvalue weighted by Gasteiger charge is -2.09. The molecule has 41 heavy (non-hydrogen) atoms. The van der Waals surface area contributed by atoms with Crippen LogP contribution in [-0.2, 0) is 16.6 Å². The van der Waals surface area contributed by atoms with E-state index >= 15 is 0 Å². The molecular formula is C31H22ClN3O4S2. The van der Waals surface area contributed by atoms with Crippen molar-refractivity contribution in [2.75, 3.05) is 10.0 Å². The Hall–Kier alpha value is -4.44. The molecule has 6 rings (SSSR count). The van der Waals surface area contributed by atoms with E-state index in [-0.39, 0.29) is 15.9 Å². The number of hydrogen-bond donors (Lipinski definition) is 2. The Bertz CT molecular complexity index is 1990. The largest absolute Gasteiger partial charge is 0.489 e. The van der Waals surface area contributed by atoms with Gasteiger partial charge in [0.2, 0.25) is 0 Å². The van der Waals surface area contributed by atoms with Crippen molar-refractivity contribution in [2.45, 2.75) is 11.5 Å². The van der Waals surface area contributed by atoms with Crippen molar-refractivity contribution >= 4 is 70.7 Å². The van der Waals surface area contributed by atoms with Gasteiger partial charge in [-0.3, -0.25) is 9.52 Å². The third-order valence-corrected chi connectivity index (χ3v) is 8.99. The molecular weight excluding hydrogens is 578 g/mol. The Morgan fingerprint density at radius 2 is 1.61 bits per heavy atom. The van der Waals surface area contributed by atoms with Crippen LogP contribution in [0, 0.1) is 0 Å². The van der Waals surface area contributed by atoms with E-state index in [1.807, 2.05) is 48.5 Å². The molecule has 7 nitrogen and oxygen atoms in total. The lowest BCUT2D eigenvalue weighted by atomic mass is 10.1. The number of anilines is 2. The third-order valence-electron chi connectivity index (χ3n) is 6.33. The van der Waals surface area contributed by atoms with Gasteiger partial charge in [-0.25, -0.2) is 13.4 Å². The second kappa shape index (κ2) is 11.2. The highest BCUT2D eigenvalue weighted by molar-refractivity contribution is 7.93. The van der Waals surface area contributed by atoms with Gasteiger partial charge >= 0.3 is 0 Å². The number of thiazole rings is 1. The topological polar surface area (TPSA) is 97.4 Å². The molecule has 204 valence electrons. The van der Waals surface area contributed by atoms with Crippen molar-refractivity contribution in [3.63, 3.8) is 0 Å². The van der Waals surface area contributed by atoms with Gasteiger partial charge in [-0.15, -0.1) is 0 Å². The average molecular weight is 600 g/mol. The molecule has 0 atom stereocenters. The summed E-state index contributed by atoms with van der Waals surface area (Å²) in [5.74, 6) is 0.371. The van der Waals surface area contributed by atoms with Gasteiger partial charge in [0, 0.05) is 16.3 Å². The third kappa shape index (κ3) is 6.17. The maximum Gasteiger partial charge on any atom is 0.263 e. The minimum Gasteiger partial charge on any atom is -0.489 e. The molecule has 1 heterocycles. The second-order valence-electron chi connectivity index (χ2n) is 9.21. The summed E-state index contributed by atoms with van der Waals surface area (Å²) in [6, 6.07) is 32.1. The minimum atomic E-state index is -3.84. The number of nitrogens with zero attached hydrogens (tertiary/aromatic N) is 1. The number of nitrogens with one attached hydrogen (secondary N) is 2. The van der Waals surface area contributed by atoms with E-state index in [0.29, 0.717) is 38.8 Å². The van der Waals surface area contributed by atoms with Crippen molar-refractivity contribution in [3.05, 3.63) is 125 Å². The zero-order chi connectivity index (χ0) is 28.4. The quantitative estimate of drug-likeness (QED) is 0.186. The van der Waals surface area contributed by atoms with Crippen LogP contribution in [0.5, 0.6) is 5.75 Å². The zero-order valence-electron chi connectivity index (χ0n) is 21.4. The van der Waals surface area contributed by atoms with Crippen LogP contribution in [0.1, 0.15) is 15.9 Å². The van der Waals surface area contributed by atoms with Gasteiger partial charge in [0.1, 0.15) is 12.4 Å². The van der Waals surface area contributed by atoms with Crippen LogP contribution in [0.4, 0.5) is 10.8 Å². The minimum absolute atomic E-state index is 0.150. The molecule has 0 saturated carbocycles. The Labute approximate surface area is 245 Å². The molecule has 10 heteroatoms. The van der Waals surface area contributed by atoms with E-state index in [0.717, 1.165) is 27.7 Å². The van der Waals surface area contributed by atoms with E-state index in [1.54, 1.807) is 60.7 Å². The molecule has 2 N–H and O–H groups in total. The lowest BCUT2D eigenvalue weighted by Crippen LogP contribution is -2.12. The van der Waals surface area contributed by atoms with Crippen molar-refractivity contribution in [1.29, 1.82) is 0 Å². The van der Waals surface area contributed by atoms with Gasteiger partial charge in [-0.1, -0.05) is 65.4 Å². The first-order valence-corrected chi connectivity index (χ1v) is 15.2. The zero-order valence-corrected chi connectivity index (χ0v) is 23.8. The molecule has 5 aromatic carbocycles. The van der Waals surface area contributed by atoms with Crippen LogP contribution in [-0.4, -0.2) is 19.3 Å². The summed E-state index contributed by atoms with van der Waals surface area (Å²) in [4.78, 5) is 17.5. The van der Waals surface area contributed by atoms with Crippen molar-refractivity contribution < 1.29 is 17.9 Å². The molecule has 0 fully saturated rings. The van der Waals surface area contributed by atoms with Crippen molar-refractivity contribution in [1.82, 2.24) is 4.98 Å². The van der Waals surface area contributed by atoms with Crippen LogP contribution >= 0.6 is 22.9 Å². The molecule has 0 radical (unpaired) electrons. The number of aromatic nitrogens is 1. The molecule has 0 aliphatic carbocycles. The van der Waals surface area contributed by atoms with E-state index in [9.17, 15) is 13.2 Å². The highest BCUT2D eigenvalue weighted by Gasteiger charge is 2.18. The molecule has 1 aromatic heterocycles. The summed E-state index contributed by atoms with van der Waals surface area (Å²) in [7, 11) is -3.84. The molecule has 0 aliphatic rings. The number of sulfonamides is 1. The monoisotopic (exact) mass is 599 g/mol. The molecule has 0 bridgehead atoms. The SMILES string of the molecule is O=C(Nc1ccc(OCc2ccc(Cl)cc2)cc1)c1ccc2nc(NS(=O)(=O)c3ccc4ccccc4c3)sc2c1. The number of hydrogen-bond acceptors (Lipinski definition) is 6. The summed E-state index contributed by atoms with van der Waals surface area (Å²) in [6.45, 7) is 0.401. The van der Waals surface area contributed by atoms with Crippen LogP contribution in [0.3, 0.4) is 0 Å². The van der Waals surface area contributed by atoms with Crippen molar-refractivity contribution in [3.8, 4) is 5.75 Å². The number of rotatable bonds is 8. The Balaban J connectivity index is 1.11. The predicted octanol–water partition coefficient (Wildman–Crippen LogP) is 7.74. The molecule has 0 spiro atoms. The number of carbonyl (C=O) groups excluding carboxylic acids is 1. The highest BCUT2D eigenvalue weighted by Crippen LogP contribution is 2.30. The Morgan fingerprint density at radius 1 is 0.854 bits per heavy atom. The number of carbonyl (C=O) groups is 1. The van der Waals surface area contributed by atoms with Gasteiger partial charge in [0.25, 0.3) is 15.9 Å².